The Hall–Kier alpha value is -2.92. The largest absolute Gasteiger partial charge is 0.493 e. The first kappa shape index (κ1) is 16.5. The highest BCUT2D eigenvalue weighted by Crippen LogP contribution is 2.31. The molecule has 0 fully saturated rings. The number of fused-ring (bicyclic) bond motifs is 1. The molecule has 0 saturated heterocycles. The molecule has 130 valence electrons. The number of rotatable bonds is 3. The second-order valence-electron chi connectivity index (χ2n) is 6.16. The fourth-order valence-corrected chi connectivity index (χ4v) is 3.69. The lowest BCUT2D eigenvalue weighted by Crippen LogP contribution is -2.03. The monoisotopic (exact) mass is 363 g/mol. The van der Waals surface area contributed by atoms with Crippen molar-refractivity contribution in [3.8, 4) is 27.6 Å². The summed E-state index contributed by atoms with van der Waals surface area (Å²) in [6.07, 6.45) is 0. The molecule has 0 saturated carbocycles. The highest BCUT2D eigenvalue weighted by Gasteiger charge is 2.14. The van der Waals surface area contributed by atoms with Gasteiger partial charge in [0, 0.05) is 16.3 Å². The van der Waals surface area contributed by atoms with E-state index >= 15 is 0 Å². The van der Waals surface area contributed by atoms with Gasteiger partial charge in [-0.1, -0.05) is 24.3 Å². The molecule has 0 unspecified atom stereocenters. The maximum absolute atomic E-state index is 12.5. The number of hydrogen-bond acceptors (Lipinski definition) is 5. The van der Waals surface area contributed by atoms with Crippen molar-refractivity contribution < 1.29 is 9.15 Å². The van der Waals surface area contributed by atoms with Crippen molar-refractivity contribution in [2.75, 3.05) is 7.11 Å². The zero-order valence-corrected chi connectivity index (χ0v) is 15.5. The predicted molar refractivity (Wildman–Crippen MR) is 105 cm³/mol. The molecule has 0 amide bonds. The van der Waals surface area contributed by atoms with Gasteiger partial charge in [0.15, 0.2) is 11.3 Å². The van der Waals surface area contributed by atoms with Gasteiger partial charge in [0.1, 0.15) is 5.01 Å². The molecule has 4 aromatic rings. The number of aromatic nitrogens is 1. The zero-order valence-electron chi connectivity index (χ0n) is 14.7. The van der Waals surface area contributed by atoms with Crippen LogP contribution in [0.4, 0.5) is 0 Å². The van der Waals surface area contributed by atoms with Crippen LogP contribution in [0.5, 0.6) is 5.75 Å². The molecule has 0 bridgehead atoms. The Morgan fingerprint density at radius 2 is 1.92 bits per heavy atom. The predicted octanol–water partition coefficient (Wildman–Crippen LogP) is 5.21. The third-order valence-electron chi connectivity index (χ3n) is 4.48. The molecule has 4 rings (SSSR count). The van der Waals surface area contributed by atoms with Gasteiger partial charge in [0.05, 0.1) is 18.4 Å². The van der Waals surface area contributed by atoms with Crippen LogP contribution in [0.25, 0.3) is 32.8 Å². The van der Waals surface area contributed by atoms with Crippen molar-refractivity contribution in [3.63, 3.8) is 0 Å². The van der Waals surface area contributed by atoms with Crippen molar-refractivity contribution in [3.05, 3.63) is 69.4 Å². The zero-order chi connectivity index (χ0) is 18.3. The maximum Gasteiger partial charge on any atom is 0.346 e. The summed E-state index contributed by atoms with van der Waals surface area (Å²) in [6.45, 7) is 4.16. The van der Waals surface area contributed by atoms with Crippen LogP contribution in [0.15, 0.2) is 57.1 Å². The van der Waals surface area contributed by atoms with Crippen LogP contribution >= 0.6 is 11.3 Å². The summed E-state index contributed by atoms with van der Waals surface area (Å²) >= 11 is 1.44. The lowest BCUT2D eigenvalue weighted by atomic mass is 10.1. The minimum absolute atomic E-state index is 0.414. The molecule has 4 nitrogen and oxygen atoms in total. The second kappa shape index (κ2) is 6.42. The van der Waals surface area contributed by atoms with E-state index in [1.165, 1.54) is 22.5 Å². The fraction of sp³-hybridized carbons (Fsp3) is 0.143. The van der Waals surface area contributed by atoms with Crippen LogP contribution in [0.2, 0.25) is 0 Å². The standard InChI is InChI=1S/C21H17NO3S/c1-12-7-8-14(9-13(12)2)17-11-26-20(22-17)16-10-15-5-4-6-18(24-3)19(15)25-21(16)23/h4-11H,1-3H3. The minimum atomic E-state index is -0.414. The molecule has 26 heavy (non-hydrogen) atoms. The molecular weight excluding hydrogens is 346 g/mol. The van der Waals surface area contributed by atoms with Crippen LogP contribution in [0, 0.1) is 13.8 Å². The lowest BCUT2D eigenvalue weighted by molar-refractivity contribution is 0.407. The number of thiazole rings is 1. The summed E-state index contributed by atoms with van der Waals surface area (Å²) < 4.78 is 10.8. The highest BCUT2D eigenvalue weighted by atomic mass is 32.1. The van der Waals surface area contributed by atoms with E-state index in [0.29, 0.717) is 21.9 Å². The van der Waals surface area contributed by atoms with E-state index in [9.17, 15) is 4.79 Å². The van der Waals surface area contributed by atoms with E-state index in [4.69, 9.17) is 9.15 Å². The summed E-state index contributed by atoms with van der Waals surface area (Å²) in [5.41, 5.74) is 4.87. The number of hydrogen-bond donors (Lipinski definition) is 0. The van der Waals surface area contributed by atoms with Crippen molar-refractivity contribution >= 4 is 22.3 Å². The molecule has 2 aromatic carbocycles. The molecule has 2 heterocycles. The lowest BCUT2D eigenvalue weighted by Gasteiger charge is -2.04. The van der Waals surface area contributed by atoms with Crippen LogP contribution < -0.4 is 10.4 Å². The Morgan fingerprint density at radius 3 is 2.69 bits per heavy atom. The van der Waals surface area contributed by atoms with Gasteiger partial charge in [-0.2, -0.15) is 0 Å². The van der Waals surface area contributed by atoms with E-state index in [0.717, 1.165) is 16.6 Å². The first-order chi connectivity index (χ1) is 12.6. The van der Waals surface area contributed by atoms with Crippen molar-refractivity contribution in [1.29, 1.82) is 0 Å². The van der Waals surface area contributed by atoms with E-state index < -0.39 is 5.63 Å². The molecule has 2 aromatic heterocycles. The van der Waals surface area contributed by atoms with Crippen molar-refractivity contribution in [1.82, 2.24) is 4.98 Å². The number of methoxy groups -OCH3 is 1. The molecule has 5 heteroatoms. The Bertz CT molecular complexity index is 1170. The molecule has 0 aliphatic carbocycles. The summed E-state index contributed by atoms with van der Waals surface area (Å²) in [6, 6.07) is 13.6. The van der Waals surface area contributed by atoms with Gasteiger partial charge in [-0.25, -0.2) is 9.78 Å². The number of nitrogens with zero attached hydrogens (tertiary/aromatic N) is 1. The Labute approximate surface area is 154 Å². The second-order valence-corrected chi connectivity index (χ2v) is 7.02. The summed E-state index contributed by atoms with van der Waals surface area (Å²) in [5, 5.41) is 3.42. The Kier molecular flexibility index (Phi) is 4.09. The van der Waals surface area contributed by atoms with Gasteiger partial charge < -0.3 is 9.15 Å². The average Bonchev–Trinajstić information content (AvgIpc) is 3.13. The van der Waals surface area contributed by atoms with Crippen LogP contribution in [0.3, 0.4) is 0 Å². The normalized spacial score (nSPS) is 11.0. The number of para-hydroxylation sites is 1. The first-order valence-electron chi connectivity index (χ1n) is 8.21. The quantitative estimate of drug-likeness (QED) is 0.469. The Balaban J connectivity index is 1.81. The molecule has 0 radical (unpaired) electrons. The van der Waals surface area contributed by atoms with Crippen molar-refractivity contribution in [2.45, 2.75) is 13.8 Å². The fourth-order valence-electron chi connectivity index (χ4n) is 2.86. The van der Waals surface area contributed by atoms with E-state index in [2.05, 4.69) is 37.0 Å². The highest BCUT2D eigenvalue weighted by molar-refractivity contribution is 7.13. The summed E-state index contributed by atoms with van der Waals surface area (Å²) in [7, 11) is 1.55. The van der Waals surface area contributed by atoms with Crippen LogP contribution in [-0.2, 0) is 0 Å². The minimum Gasteiger partial charge on any atom is -0.493 e. The number of aryl methyl sites for hydroxylation is 2. The van der Waals surface area contributed by atoms with E-state index in [1.807, 2.05) is 23.6 Å². The van der Waals surface area contributed by atoms with Crippen molar-refractivity contribution in [2.24, 2.45) is 0 Å². The number of ether oxygens (including phenoxy) is 1. The number of benzene rings is 2. The molecule has 0 atom stereocenters. The molecule has 0 aliphatic heterocycles. The molecule has 0 aliphatic rings. The maximum atomic E-state index is 12.5. The summed E-state index contributed by atoms with van der Waals surface area (Å²) in [4.78, 5) is 17.1. The third kappa shape index (κ3) is 2.80. The first-order valence-corrected chi connectivity index (χ1v) is 9.09. The molecule has 0 spiro atoms. The van der Waals surface area contributed by atoms with Gasteiger partial charge in [-0.15, -0.1) is 11.3 Å². The Morgan fingerprint density at radius 1 is 1.08 bits per heavy atom. The van der Waals surface area contributed by atoms with Crippen LogP contribution in [-0.4, -0.2) is 12.1 Å². The third-order valence-corrected chi connectivity index (χ3v) is 5.36. The molecular formula is C21H17NO3S. The topological polar surface area (TPSA) is 52.3 Å². The van der Waals surface area contributed by atoms with Gasteiger partial charge in [0.25, 0.3) is 0 Å². The van der Waals surface area contributed by atoms with E-state index in [1.54, 1.807) is 13.2 Å². The average molecular weight is 363 g/mol. The van der Waals surface area contributed by atoms with Gasteiger partial charge in [-0.3, -0.25) is 0 Å². The summed E-state index contributed by atoms with van der Waals surface area (Å²) in [5.74, 6) is 0.543. The smallest absolute Gasteiger partial charge is 0.346 e. The van der Waals surface area contributed by atoms with Crippen LogP contribution in [0.1, 0.15) is 11.1 Å². The SMILES string of the molecule is COc1cccc2cc(-c3nc(-c4ccc(C)c(C)c4)cs3)c(=O)oc12. The molecule has 0 N–H and O–H groups in total. The van der Waals surface area contributed by atoms with Gasteiger partial charge in [0.2, 0.25) is 0 Å². The van der Waals surface area contributed by atoms with Gasteiger partial charge in [-0.05, 0) is 43.2 Å². The van der Waals surface area contributed by atoms with E-state index in [-0.39, 0.29) is 0 Å². The van der Waals surface area contributed by atoms with Gasteiger partial charge >= 0.3 is 5.63 Å².